The van der Waals surface area contributed by atoms with E-state index in [1.807, 2.05) is 6.26 Å². The maximum Gasteiger partial charge on any atom is 0.325 e. The highest BCUT2D eigenvalue weighted by molar-refractivity contribution is 7.98. The summed E-state index contributed by atoms with van der Waals surface area (Å²) in [6, 6.07) is -4.59. The van der Waals surface area contributed by atoms with Crippen molar-refractivity contribution in [3.05, 3.63) is 18.2 Å². The number of aliphatic carboxylic acids is 1. The van der Waals surface area contributed by atoms with Gasteiger partial charge >= 0.3 is 5.97 Å². The summed E-state index contributed by atoms with van der Waals surface area (Å²) in [7, 11) is 0. The van der Waals surface area contributed by atoms with Gasteiger partial charge in [0.25, 0.3) is 0 Å². The number of imidazole rings is 1. The average molecular weight is 459 g/mol. The van der Waals surface area contributed by atoms with Crippen molar-refractivity contribution in [2.45, 2.75) is 57.0 Å². The lowest BCUT2D eigenvalue weighted by molar-refractivity contribution is -0.142. The number of aromatic amines is 1. The first-order chi connectivity index (χ1) is 14.6. The van der Waals surface area contributed by atoms with Gasteiger partial charge in [-0.2, -0.15) is 11.8 Å². The predicted molar refractivity (Wildman–Crippen MR) is 114 cm³/mol. The fourth-order valence-electron chi connectivity index (χ4n) is 2.50. The minimum atomic E-state index is -1.36. The van der Waals surface area contributed by atoms with E-state index in [1.54, 1.807) is 0 Å². The van der Waals surface area contributed by atoms with E-state index < -0.39 is 54.0 Å². The first-order valence-corrected chi connectivity index (χ1v) is 11.0. The fourth-order valence-corrected chi connectivity index (χ4v) is 2.99. The van der Waals surface area contributed by atoms with E-state index in [-0.39, 0.29) is 6.42 Å². The van der Waals surface area contributed by atoms with Crippen LogP contribution in [-0.4, -0.2) is 86.2 Å². The van der Waals surface area contributed by atoms with Crippen LogP contribution in [0.3, 0.4) is 0 Å². The minimum Gasteiger partial charge on any atom is -0.480 e. The van der Waals surface area contributed by atoms with Gasteiger partial charge in [-0.1, -0.05) is 0 Å². The number of carboxylic acids is 1. The van der Waals surface area contributed by atoms with Crippen LogP contribution in [0.2, 0.25) is 0 Å². The zero-order valence-corrected chi connectivity index (χ0v) is 18.4. The molecule has 0 bridgehead atoms. The number of hydrogen-bond acceptors (Lipinski definition) is 8. The number of hydrogen-bond donors (Lipinski definition) is 7. The molecule has 0 aromatic carbocycles. The van der Waals surface area contributed by atoms with Crippen molar-refractivity contribution in [1.29, 1.82) is 0 Å². The van der Waals surface area contributed by atoms with Crippen LogP contribution < -0.4 is 21.7 Å². The number of nitrogens with two attached hydrogens (primary N) is 1. The third kappa shape index (κ3) is 8.94. The summed E-state index contributed by atoms with van der Waals surface area (Å²) in [4.78, 5) is 55.3. The molecule has 1 rings (SSSR count). The molecule has 174 valence electrons. The quantitative estimate of drug-likeness (QED) is 0.174. The molecular formula is C18H30N6O6S. The smallest absolute Gasteiger partial charge is 0.325 e. The Kier molecular flexibility index (Phi) is 11.0. The number of H-pyrrole nitrogens is 1. The molecule has 31 heavy (non-hydrogen) atoms. The lowest BCUT2D eigenvalue weighted by Crippen LogP contribution is -2.60. The van der Waals surface area contributed by atoms with E-state index >= 15 is 0 Å². The Labute approximate surface area is 184 Å². The fraction of sp³-hybridized carbons (Fsp3) is 0.611. The summed E-state index contributed by atoms with van der Waals surface area (Å²) in [6.45, 7) is 2.60. The normalized spacial score (nSPS) is 15.8. The SMILES string of the molecule is CSCCC(N)C(=O)NC(C(=O)NC(Cc1cnc[nH]1)C(=O)NC(C)C(=O)O)C(C)O. The number of aromatic nitrogens is 2. The van der Waals surface area contributed by atoms with Gasteiger partial charge < -0.3 is 36.9 Å². The molecule has 0 saturated heterocycles. The van der Waals surface area contributed by atoms with Crippen LogP contribution in [-0.2, 0) is 25.6 Å². The maximum atomic E-state index is 12.8. The second-order valence-corrected chi connectivity index (χ2v) is 8.01. The number of thioether (sulfide) groups is 1. The van der Waals surface area contributed by atoms with Crippen molar-refractivity contribution in [2.75, 3.05) is 12.0 Å². The number of rotatable bonds is 13. The second kappa shape index (κ2) is 12.9. The summed E-state index contributed by atoms with van der Waals surface area (Å²) in [6.07, 6.45) is 3.81. The number of nitrogens with zero attached hydrogens (tertiary/aromatic N) is 1. The number of carboxylic acid groups (broad SMARTS) is 1. The van der Waals surface area contributed by atoms with E-state index in [2.05, 4.69) is 25.9 Å². The van der Waals surface area contributed by atoms with Crippen LogP contribution in [0.5, 0.6) is 0 Å². The van der Waals surface area contributed by atoms with Crippen LogP contribution in [0.25, 0.3) is 0 Å². The third-order valence-electron chi connectivity index (χ3n) is 4.37. The highest BCUT2D eigenvalue weighted by Crippen LogP contribution is 2.04. The maximum absolute atomic E-state index is 12.8. The summed E-state index contributed by atoms with van der Waals surface area (Å²) < 4.78 is 0. The zero-order chi connectivity index (χ0) is 23.6. The minimum absolute atomic E-state index is 0.0162. The summed E-state index contributed by atoms with van der Waals surface area (Å²) >= 11 is 1.52. The number of aliphatic hydroxyl groups excluding tert-OH is 1. The largest absolute Gasteiger partial charge is 0.480 e. The molecule has 0 aliphatic carbocycles. The second-order valence-electron chi connectivity index (χ2n) is 7.03. The van der Waals surface area contributed by atoms with Crippen molar-refractivity contribution >= 4 is 35.5 Å². The lowest BCUT2D eigenvalue weighted by atomic mass is 10.1. The molecule has 12 nitrogen and oxygen atoms in total. The molecule has 5 unspecified atom stereocenters. The predicted octanol–water partition coefficient (Wildman–Crippen LogP) is -2.03. The Morgan fingerprint density at radius 1 is 1.16 bits per heavy atom. The molecule has 8 N–H and O–H groups in total. The number of nitrogens with one attached hydrogen (secondary N) is 4. The van der Waals surface area contributed by atoms with Gasteiger partial charge in [0.15, 0.2) is 0 Å². The highest BCUT2D eigenvalue weighted by atomic mass is 32.2. The molecule has 3 amide bonds. The summed E-state index contributed by atoms with van der Waals surface area (Å²) in [5.41, 5.74) is 6.32. The monoisotopic (exact) mass is 458 g/mol. The first kappa shape index (κ1) is 26.4. The van der Waals surface area contributed by atoms with Crippen LogP contribution in [0.1, 0.15) is 26.0 Å². The Hall–Kier alpha value is -2.64. The van der Waals surface area contributed by atoms with Crippen molar-refractivity contribution in [2.24, 2.45) is 5.73 Å². The van der Waals surface area contributed by atoms with Crippen molar-refractivity contribution in [1.82, 2.24) is 25.9 Å². The van der Waals surface area contributed by atoms with Crippen molar-refractivity contribution in [3.8, 4) is 0 Å². The van der Waals surface area contributed by atoms with Gasteiger partial charge in [0.2, 0.25) is 17.7 Å². The van der Waals surface area contributed by atoms with Crippen molar-refractivity contribution < 1.29 is 29.4 Å². The highest BCUT2D eigenvalue weighted by Gasteiger charge is 2.32. The molecule has 0 spiro atoms. The van der Waals surface area contributed by atoms with Crippen LogP contribution in [0.15, 0.2) is 12.5 Å². The van der Waals surface area contributed by atoms with Gasteiger partial charge in [0, 0.05) is 18.3 Å². The molecule has 13 heteroatoms. The third-order valence-corrected chi connectivity index (χ3v) is 5.02. The first-order valence-electron chi connectivity index (χ1n) is 9.60. The van der Waals surface area contributed by atoms with Crippen LogP contribution in [0, 0.1) is 0 Å². The summed E-state index contributed by atoms with van der Waals surface area (Å²) in [5.74, 6) is -2.76. The average Bonchev–Trinajstić information content (AvgIpc) is 3.21. The molecular weight excluding hydrogens is 428 g/mol. The Morgan fingerprint density at radius 2 is 1.84 bits per heavy atom. The molecule has 0 fully saturated rings. The van der Waals surface area contributed by atoms with E-state index in [9.17, 15) is 24.3 Å². The van der Waals surface area contributed by atoms with Crippen molar-refractivity contribution in [3.63, 3.8) is 0 Å². The Morgan fingerprint density at radius 3 is 2.35 bits per heavy atom. The van der Waals surface area contributed by atoms with E-state index in [0.717, 1.165) is 0 Å². The molecule has 5 atom stereocenters. The van der Waals surface area contributed by atoms with Gasteiger partial charge in [0.05, 0.1) is 18.5 Å². The van der Waals surface area contributed by atoms with Gasteiger partial charge in [-0.05, 0) is 32.3 Å². The van der Waals surface area contributed by atoms with E-state index in [0.29, 0.717) is 17.9 Å². The van der Waals surface area contributed by atoms with E-state index in [1.165, 1.54) is 38.1 Å². The zero-order valence-electron chi connectivity index (χ0n) is 17.6. The number of carbonyl (C=O) groups is 4. The Bertz CT molecular complexity index is 744. The molecule has 1 aromatic rings. The molecule has 0 aliphatic rings. The number of aliphatic hydroxyl groups is 1. The molecule has 0 aliphatic heterocycles. The molecule has 0 radical (unpaired) electrons. The standard InChI is InChI=1S/C18H30N6O6S/c1-9(18(29)30)22-16(27)13(6-11-7-20-8-21-11)23-17(28)14(10(2)25)24-15(26)12(19)4-5-31-3/h7-10,12-14,25H,4-6,19H2,1-3H3,(H,20,21)(H,22,27)(H,23,28)(H,24,26)(H,29,30). The lowest BCUT2D eigenvalue weighted by Gasteiger charge is -2.26. The Balaban J connectivity index is 2.92. The molecule has 1 aromatic heterocycles. The van der Waals surface area contributed by atoms with E-state index in [4.69, 9.17) is 10.8 Å². The van der Waals surface area contributed by atoms with Gasteiger partial charge in [0.1, 0.15) is 18.1 Å². The topological polar surface area (TPSA) is 200 Å². The molecule has 0 saturated carbocycles. The van der Waals surface area contributed by atoms with Gasteiger partial charge in [-0.15, -0.1) is 0 Å². The number of amides is 3. The van der Waals surface area contributed by atoms with Crippen LogP contribution in [0.4, 0.5) is 0 Å². The molecule has 1 heterocycles. The summed E-state index contributed by atoms with van der Waals surface area (Å²) in [5, 5.41) is 26.2. The van der Waals surface area contributed by atoms with Gasteiger partial charge in [-0.3, -0.25) is 19.2 Å². The van der Waals surface area contributed by atoms with Gasteiger partial charge in [-0.25, -0.2) is 4.98 Å². The number of carbonyl (C=O) groups excluding carboxylic acids is 3. The van der Waals surface area contributed by atoms with Crippen LogP contribution >= 0.6 is 11.8 Å².